The average molecular weight is 422 g/mol. The molecule has 2 N–H and O–H groups in total. The van der Waals surface area contributed by atoms with Crippen LogP contribution in [0, 0.1) is 13.8 Å². The third-order valence-corrected chi connectivity index (χ3v) is 7.20. The predicted molar refractivity (Wildman–Crippen MR) is 120 cm³/mol. The summed E-state index contributed by atoms with van der Waals surface area (Å²) >= 11 is 0. The van der Waals surface area contributed by atoms with Gasteiger partial charge in [-0.2, -0.15) is 0 Å². The van der Waals surface area contributed by atoms with E-state index in [9.17, 15) is 13.2 Å². The van der Waals surface area contributed by atoms with E-state index < -0.39 is 10.0 Å². The highest BCUT2D eigenvalue weighted by atomic mass is 32.2. The molecule has 2 amide bonds. The second-order valence-electron chi connectivity index (χ2n) is 7.31. The first-order valence-electron chi connectivity index (χ1n) is 9.71. The Kier molecular flexibility index (Phi) is 5.22. The van der Waals surface area contributed by atoms with Crippen molar-refractivity contribution < 1.29 is 13.2 Å². The molecule has 0 radical (unpaired) electrons. The molecule has 0 bridgehead atoms. The number of amides is 2. The van der Waals surface area contributed by atoms with Gasteiger partial charge in [0.15, 0.2) is 0 Å². The van der Waals surface area contributed by atoms with E-state index in [1.54, 1.807) is 42.5 Å². The predicted octanol–water partition coefficient (Wildman–Crippen LogP) is 4.70. The van der Waals surface area contributed by atoms with Gasteiger partial charge in [-0.3, -0.25) is 4.31 Å². The van der Waals surface area contributed by atoms with Crippen molar-refractivity contribution in [2.24, 2.45) is 0 Å². The minimum atomic E-state index is -3.60. The van der Waals surface area contributed by atoms with Crippen molar-refractivity contribution in [1.29, 1.82) is 0 Å². The van der Waals surface area contributed by atoms with Crippen molar-refractivity contribution in [1.82, 2.24) is 0 Å². The maximum absolute atomic E-state index is 13.0. The van der Waals surface area contributed by atoms with E-state index in [0.717, 1.165) is 22.4 Å². The van der Waals surface area contributed by atoms with Gasteiger partial charge >= 0.3 is 6.03 Å². The lowest BCUT2D eigenvalue weighted by molar-refractivity contribution is 0.262. The van der Waals surface area contributed by atoms with Gasteiger partial charge in [-0.25, -0.2) is 13.2 Å². The number of nitrogens with one attached hydrogen (secondary N) is 2. The summed E-state index contributed by atoms with van der Waals surface area (Å²) in [6.07, 6.45) is 0.593. The van der Waals surface area contributed by atoms with Crippen LogP contribution in [0.5, 0.6) is 0 Å². The van der Waals surface area contributed by atoms with E-state index in [-0.39, 0.29) is 10.9 Å². The summed E-state index contributed by atoms with van der Waals surface area (Å²) in [5, 5.41) is 5.70. The summed E-state index contributed by atoms with van der Waals surface area (Å²) in [7, 11) is -3.60. The van der Waals surface area contributed by atoms with Crippen molar-refractivity contribution in [2.75, 3.05) is 21.5 Å². The van der Waals surface area contributed by atoms with Crippen LogP contribution >= 0.6 is 0 Å². The van der Waals surface area contributed by atoms with Crippen LogP contribution in [0.1, 0.15) is 16.7 Å². The molecule has 1 aliphatic rings. The van der Waals surface area contributed by atoms with Crippen LogP contribution < -0.4 is 14.9 Å². The van der Waals surface area contributed by atoms with E-state index in [4.69, 9.17) is 0 Å². The molecule has 0 saturated heterocycles. The Hall–Kier alpha value is -3.32. The maximum Gasteiger partial charge on any atom is 0.323 e. The van der Waals surface area contributed by atoms with Gasteiger partial charge in [0.2, 0.25) is 0 Å². The third kappa shape index (κ3) is 3.76. The van der Waals surface area contributed by atoms with Gasteiger partial charge in [0, 0.05) is 17.9 Å². The first kappa shape index (κ1) is 20.0. The third-order valence-electron chi connectivity index (χ3n) is 5.37. The van der Waals surface area contributed by atoms with E-state index in [2.05, 4.69) is 10.6 Å². The van der Waals surface area contributed by atoms with Gasteiger partial charge in [-0.15, -0.1) is 0 Å². The molecular weight excluding hydrogens is 398 g/mol. The largest absolute Gasteiger partial charge is 0.323 e. The summed E-state index contributed by atoms with van der Waals surface area (Å²) in [4.78, 5) is 12.7. The molecule has 0 atom stereocenters. The molecule has 4 rings (SSSR count). The number of hydrogen-bond acceptors (Lipinski definition) is 3. The van der Waals surface area contributed by atoms with Gasteiger partial charge in [0.05, 0.1) is 10.6 Å². The quantitative estimate of drug-likeness (QED) is 0.641. The van der Waals surface area contributed by atoms with Crippen molar-refractivity contribution >= 4 is 33.1 Å². The van der Waals surface area contributed by atoms with Crippen LogP contribution in [-0.2, 0) is 16.4 Å². The number of rotatable bonds is 4. The molecule has 7 heteroatoms. The van der Waals surface area contributed by atoms with E-state index in [1.165, 1.54) is 4.31 Å². The molecule has 154 valence electrons. The minimum Gasteiger partial charge on any atom is -0.308 e. The molecule has 0 aromatic heterocycles. The summed E-state index contributed by atoms with van der Waals surface area (Å²) in [5.74, 6) is 0. The summed E-state index contributed by atoms with van der Waals surface area (Å²) in [5.41, 5.74) is 5.04. The number of aryl methyl sites for hydroxylation is 1. The molecule has 0 saturated carbocycles. The zero-order chi connectivity index (χ0) is 21.3. The zero-order valence-electron chi connectivity index (χ0n) is 16.8. The average Bonchev–Trinajstić information content (AvgIpc) is 3.16. The molecule has 0 spiro atoms. The lowest BCUT2D eigenvalue weighted by atomic mass is 10.1. The summed E-state index contributed by atoms with van der Waals surface area (Å²) in [6, 6.07) is 19.1. The Labute approximate surface area is 176 Å². The monoisotopic (exact) mass is 421 g/mol. The Morgan fingerprint density at radius 3 is 2.47 bits per heavy atom. The topological polar surface area (TPSA) is 78.5 Å². The van der Waals surface area contributed by atoms with Gasteiger partial charge in [-0.05, 0) is 73.4 Å². The first-order chi connectivity index (χ1) is 14.4. The lowest BCUT2D eigenvalue weighted by Crippen LogP contribution is -2.29. The number of carbonyl (C=O) groups excluding carboxylic acids is 1. The van der Waals surface area contributed by atoms with Crippen LogP contribution in [0.25, 0.3) is 0 Å². The molecule has 30 heavy (non-hydrogen) atoms. The van der Waals surface area contributed by atoms with Crippen molar-refractivity contribution in [3.63, 3.8) is 0 Å². The van der Waals surface area contributed by atoms with Gasteiger partial charge in [0.1, 0.15) is 0 Å². The standard InChI is InChI=1S/C23H23N3O3S/c1-16-7-6-10-21(17(16)2)25-23(27)24-19-11-12-22-18(15-19)13-14-26(22)30(28,29)20-8-4-3-5-9-20/h3-12,15H,13-14H2,1-2H3,(H2,24,25,27). The van der Waals surface area contributed by atoms with Crippen LogP contribution in [0.15, 0.2) is 71.6 Å². The van der Waals surface area contributed by atoms with Crippen molar-refractivity contribution in [3.05, 3.63) is 83.4 Å². The molecular formula is C23H23N3O3S. The van der Waals surface area contributed by atoms with E-state index in [0.29, 0.717) is 24.3 Å². The molecule has 0 unspecified atom stereocenters. The lowest BCUT2D eigenvalue weighted by Gasteiger charge is -2.20. The normalized spacial score (nSPS) is 13.1. The molecule has 6 nitrogen and oxygen atoms in total. The minimum absolute atomic E-state index is 0.271. The molecule has 0 fully saturated rings. The number of urea groups is 1. The SMILES string of the molecule is Cc1cccc(NC(=O)Nc2ccc3c(c2)CCN3S(=O)(=O)c2ccccc2)c1C. The number of benzene rings is 3. The smallest absolute Gasteiger partial charge is 0.308 e. The van der Waals surface area contributed by atoms with Gasteiger partial charge in [-0.1, -0.05) is 30.3 Å². The Balaban J connectivity index is 1.51. The number of sulfonamides is 1. The molecule has 3 aromatic carbocycles. The number of fused-ring (bicyclic) bond motifs is 1. The first-order valence-corrected chi connectivity index (χ1v) is 11.2. The second kappa shape index (κ2) is 7.84. The van der Waals surface area contributed by atoms with Crippen LogP contribution in [-0.4, -0.2) is 21.0 Å². The summed E-state index contributed by atoms with van der Waals surface area (Å²) in [6.45, 7) is 4.33. The fraction of sp³-hybridized carbons (Fsp3) is 0.174. The molecule has 1 aliphatic heterocycles. The Bertz CT molecular complexity index is 1210. The fourth-order valence-corrected chi connectivity index (χ4v) is 5.11. The zero-order valence-corrected chi connectivity index (χ0v) is 17.7. The Morgan fingerprint density at radius 1 is 0.933 bits per heavy atom. The molecule has 0 aliphatic carbocycles. The number of anilines is 3. The van der Waals surface area contributed by atoms with Crippen LogP contribution in [0.3, 0.4) is 0 Å². The Morgan fingerprint density at radius 2 is 1.70 bits per heavy atom. The fourth-order valence-electron chi connectivity index (χ4n) is 3.59. The van der Waals surface area contributed by atoms with Crippen LogP contribution in [0.2, 0.25) is 0 Å². The van der Waals surface area contributed by atoms with Crippen molar-refractivity contribution in [3.8, 4) is 0 Å². The second-order valence-corrected chi connectivity index (χ2v) is 9.17. The number of nitrogens with zero attached hydrogens (tertiary/aromatic N) is 1. The number of hydrogen-bond donors (Lipinski definition) is 2. The van der Waals surface area contributed by atoms with Gasteiger partial charge < -0.3 is 10.6 Å². The maximum atomic E-state index is 13.0. The molecule has 3 aromatic rings. The molecule has 1 heterocycles. The highest BCUT2D eigenvalue weighted by Crippen LogP contribution is 2.34. The number of carbonyl (C=O) groups is 1. The highest BCUT2D eigenvalue weighted by molar-refractivity contribution is 7.92. The van der Waals surface area contributed by atoms with Gasteiger partial charge in [0.25, 0.3) is 10.0 Å². The van der Waals surface area contributed by atoms with E-state index >= 15 is 0 Å². The van der Waals surface area contributed by atoms with Crippen molar-refractivity contribution in [2.45, 2.75) is 25.2 Å². The summed E-state index contributed by atoms with van der Waals surface area (Å²) < 4.78 is 27.4. The van der Waals surface area contributed by atoms with Crippen LogP contribution in [0.4, 0.5) is 21.9 Å². The van der Waals surface area contributed by atoms with E-state index in [1.807, 2.05) is 38.1 Å². The highest BCUT2D eigenvalue weighted by Gasteiger charge is 2.30.